The normalized spacial score (nSPS) is 10.4. The van der Waals surface area contributed by atoms with E-state index >= 15 is 0 Å². The molecule has 0 saturated carbocycles. The van der Waals surface area contributed by atoms with E-state index in [2.05, 4.69) is 22.0 Å². The van der Waals surface area contributed by atoms with Crippen LogP contribution in [0.2, 0.25) is 0 Å². The molecule has 0 N–H and O–H groups in total. The van der Waals surface area contributed by atoms with Crippen LogP contribution in [-0.4, -0.2) is 42.9 Å². The van der Waals surface area contributed by atoms with E-state index in [4.69, 9.17) is 5.26 Å². The van der Waals surface area contributed by atoms with Crippen LogP contribution in [0.15, 0.2) is 15.9 Å². The average Bonchev–Trinajstić information content (AvgIpc) is 2.71. The summed E-state index contributed by atoms with van der Waals surface area (Å²) in [5.41, 5.74) is 0. The molecule has 1 aromatic rings. The van der Waals surface area contributed by atoms with Gasteiger partial charge in [-0.25, -0.2) is 0 Å². The molecule has 18 heavy (non-hydrogen) atoms. The number of nitrogens with zero attached hydrogens (tertiary/aromatic N) is 3. The van der Waals surface area contributed by atoms with Gasteiger partial charge < -0.3 is 4.90 Å². The molecule has 0 aliphatic heterocycles. The van der Waals surface area contributed by atoms with Gasteiger partial charge in [-0.3, -0.25) is 9.69 Å². The maximum absolute atomic E-state index is 11.8. The van der Waals surface area contributed by atoms with Crippen LogP contribution < -0.4 is 0 Å². The molecule has 6 heteroatoms. The summed E-state index contributed by atoms with van der Waals surface area (Å²) < 4.78 is 1.08. The Labute approximate surface area is 120 Å². The molecule has 0 radical (unpaired) electrons. The van der Waals surface area contributed by atoms with Gasteiger partial charge in [0.25, 0.3) is 0 Å². The van der Waals surface area contributed by atoms with Crippen LogP contribution in [0.4, 0.5) is 0 Å². The van der Waals surface area contributed by atoms with Gasteiger partial charge in [0.1, 0.15) is 0 Å². The SMILES string of the molecule is CN(CC(=O)N(C)CCC#N)Cc1cc(Br)cs1. The van der Waals surface area contributed by atoms with E-state index in [0.717, 1.165) is 11.0 Å². The first-order valence-electron chi connectivity index (χ1n) is 5.55. The zero-order valence-electron chi connectivity index (χ0n) is 10.5. The molecule has 4 nitrogen and oxygen atoms in total. The molecule has 0 bridgehead atoms. The van der Waals surface area contributed by atoms with Gasteiger partial charge >= 0.3 is 0 Å². The fraction of sp³-hybridized carbons (Fsp3) is 0.500. The number of carbonyl (C=O) groups excluding carboxylic acids is 1. The van der Waals surface area contributed by atoms with Crippen molar-refractivity contribution in [1.82, 2.24) is 9.80 Å². The number of likely N-dealkylation sites (N-methyl/N-ethyl adjacent to an activating group) is 2. The minimum Gasteiger partial charge on any atom is -0.344 e. The van der Waals surface area contributed by atoms with Crippen molar-refractivity contribution < 1.29 is 4.79 Å². The lowest BCUT2D eigenvalue weighted by atomic mass is 10.4. The second kappa shape index (κ2) is 7.52. The monoisotopic (exact) mass is 329 g/mol. The Morgan fingerprint density at radius 3 is 2.83 bits per heavy atom. The highest BCUT2D eigenvalue weighted by Gasteiger charge is 2.12. The summed E-state index contributed by atoms with van der Waals surface area (Å²) in [6.07, 6.45) is 0.379. The van der Waals surface area contributed by atoms with Crippen molar-refractivity contribution in [3.63, 3.8) is 0 Å². The van der Waals surface area contributed by atoms with Crippen molar-refractivity contribution in [3.8, 4) is 6.07 Å². The van der Waals surface area contributed by atoms with Gasteiger partial charge in [0.15, 0.2) is 0 Å². The van der Waals surface area contributed by atoms with Gasteiger partial charge in [-0.1, -0.05) is 0 Å². The Bertz CT molecular complexity index is 441. The summed E-state index contributed by atoms with van der Waals surface area (Å²) in [6.45, 7) is 1.62. The van der Waals surface area contributed by atoms with E-state index in [1.807, 2.05) is 23.4 Å². The molecule has 0 atom stereocenters. The third-order valence-electron chi connectivity index (χ3n) is 2.44. The Balaban J connectivity index is 2.37. The zero-order valence-corrected chi connectivity index (χ0v) is 12.9. The van der Waals surface area contributed by atoms with Crippen LogP contribution in [0.5, 0.6) is 0 Å². The first-order valence-corrected chi connectivity index (χ1v) is 7.22. The number of thiophene rings is 1. The van der Waals surface area contributed by atoms with Gasteiger partial charge in [-0.05, 0) is 29.0 Å². The van der Waals surface area contributed by atoms with Crippen LogP contribution in [-0.2, 0) is 11.3 Å². The number of rotatable bonds is 6. The molecule has 1 rings (SSSR count). The fourth-order valence-electron chi connectivity index (χ4n) is 1.45. The maximum Gasteiger partial charge on any atom is 0.236 e. The largest absolute Gasteiger partial charge is 0.344 e. The van der Waals surface area contributed by atoms with Crippen molar-refractivity contribution in [3.05, 3.63) is 20.8 Å². The van der Waals surface area contributed by atoms with Crippen LogP contribution in [0.3, 0.4) is 0 Å². The van der Waals surface area contributed by atoms with E-state index < -0.39 is 0 Å². The van der Waals surface area contributed by atoms with Gasteiger partial charge in [0.2, 0.25) is 5.91 Å². The third kappa shape index (κ3) is 5.17. The quantitative estimate of drug-likeness (QED) is 0.804. The second-order valence-electron chi connectivity index (χ2n) is 4.13. The topological polar surface area (TPSA) is 47.3 Å². The molecule has 0 saturated heterocycles. The van der Waals surface area contributed by atoms with E-state index in [-0.39, 0.29) is 5.91 Å². The summed E-state index contributed by atoms with van der Waals surface area (Å²) in [6, 6.07) is 4.10. The highest BCUT2D eigenvalue weighted by Crippen LogP contribution is 2.20. The van der Waals surface area contributed by atoms with E-state index in [1.54, 1.807) is 23.3 Å². The molecule has 1 amide bonds. The Kier molecular flexibility index (Phi) is 6.33. The second-order valence-corrected chi connectivity index (χ2v) is 6.04. The summed E-state index contributed by atoms with van der Waals surface area (Å²) >= 11 is 5.08. The van der Waals surface area contributed by atoms with E-state index in [9.17, 15) is 4.79 Å². The predicted octanol–water partition coefficient (Wildman–Crippen LogP) is 2.31. The Morgan fingerprint density at radius 2 is 2.28 bits per heavy atom. The Hall–Kier alpha value is -0.900. The first-order chi connectivity index (χ1) is 8.52. The minimum atomic E-state index is 0.0448. The molecule has 1 heterocycles. The van der Waals surface area contributed by atoms with Crippen molar-refractivity contribution >= 4 is 33.2 Å². The molecule has 0 aliphatic rings. The van der Waals surface area contributed by atoms with Crippen molar-refractivity contribution in [2.75, 3.05) is 27.2 Å². The number of amides is 1. The molecule has 98 valence electrons. The highest BCUT2D eigenvalue weighted by atomic mass is 79.9. The van der Waals surface area contributed by atoms with Crippen LogP contribution in [0.25, 0.3) is 0 Å². The summed E-state index contributed by atoms with van der Waals surface area (Å²) in [5, 5.41) is 10.5. The number of carbonyl (C=O) groups is 1. The van der Waals surface area contributed by atoms with Gasteiger partial charge in [0.05, 0.1) is 19.0 Å². The number of halogens is 1. The smallest absolute Gasteiger partial charge is 0.236 e. The molecular weight excluding hydrogens is 314 g/mol. The van der Waals surface area contributed by atoms with Crippen LogP contribution in [0.1, 0.15) is 11.3 Å². The average molecular weight is 330 g/mol. The number of hydrogen-bond acceptors (Lipinski definition) is 4. The first kappa shape index (κ1) is 15.2. The standard InChI is InChI=1S/C12H16BrN3OS/c1-15(7-11-6-10(13)9-18-11)8-12(17)16(2)5-3-4-14/h6,9H,3,5,7-8H2,1-2H3. The molecule has 0 aliphatic carbocycles. The minimum absolute atomic E-state index is 0.0448. The van der Waals surface area contributed by atoms with Crippen LogP contribution in [0, 0.1) is 11.3 Å². The number of nitriles is 1. The number of hydrogen-bond donors (Lipinski definition) is 0. The molecule has 0 unspecified atom stereocenters. The van der Waals surface area contributed by atoms with Crippen molar-refractivity contribution in [1.29, 1.82) is 5.26 Å². The molecule has 0 fully saturated rings. The Morgan fingerprint density at radius 1 is 1.56 bits per heavy atom. The maximum atomic E-state index is 11.8. The van der Waals surface area contributed by atoms with Crippen LogP contribution >= 0.6 is 27.3 Å². The lowest BCUT2D eigenvalue weighted by molar-refractivity contribution is -0.130. The summed E-state index contributed by atoms with van der Waals surface area (Å²) in [7, 11) is 3.65. The fourth-order valence-corrected chi connectivity index (χ4v) is 2.98. The molecule has 1 aromatic heterocycles. The third-order valence-corrected chi connectivity index (χ3v) is 4.12. The van der Waals surface area contributed by atoms with E-state index in [0.29, 0.717) is 19.5 Å². The summed E-state index contributed by atoms with van der Waals surface area (Å²) in [4.78, 5) is 16.6. The molecular formula is C12H16BrN3OS. The lowest BCUT2D eigenvalue weighted by Crippen LogP contribution is -2.36. The zero-order chi connectivity index (χ0) is 13.5. The van der Waals surface area contributed by atoms with Crippen molar-refractivity contribution in [2.24, 2.45) is 0 Å². The molecule has 0 aromatic carbocycles. The lowest BCUT2D eigenvalue weighted by Gasteiger charge is -2.20. The molecule has 0 spiro atoms. The summed E-state index contributed by atoms with van der Waals surface area (Å²) in [5.74, 6) is 0.0448. The predicted molar refractivity (Wildman–Crippen MR) is 76.2 cm³/mol. The van der Waals surface area contributed by atoms with E-state index in [1.165, 1.54) is 4.88 Å². The van der Waals surface area contributed by atoms with Crippen molar-refractivity contribution in [2.45, 2.75) is 13.0 Å². The highest BCUT2D eigenvalue weighted by molar-refractivity contribution is 9.10. The van der Waals surface area contributed by atoms with Gasteiger partial charge in [0, 0.05) is 34.9 Å². The van der Waals surface area contributed by atoms with Gasteiger partial charge in [-0.2, -0.15) is 5.26 Å². The van der Waals surface area contributed by atoms with Gasteiger partial charge in [-0.15, -0.1) is 11.3 Å².